The van der Waals surface area contributed by atoms with Crippen LogP contribution in [0.15, 0.2) is 59.5 Å². The zero-order valence-electron chi connectivity index (χ0n) is 17.7. The number of benzene rings is 1. The number of nitrogens with one attached hydrogen (secondary N) is 1. The van der Waals surface area contributed by atoms with Crippen molar-refractivity contribution in [3.8, 4) is 6.07 Å². The van der Waals surface area contributed by atoms with Crippen LogP contribution in [0.1, 0.15) is 30.9 Å². The Kier molecular flexibility index (Phi) is 7.30. The van der Waals surface area contributed by atoms with Gasteiger partial charge < -0.3 is 19.6 Å². The standard InChI is InChI=1S/C22H21ClN4O5/c1-13-17(21(28)31-10-9-30-3)19(16-6-4-5-15(11-24)20(16)23)18(14(2)26-13)22(29)32-27-8-7-25-12-27/h4-8,12,19,26H,9-10H2,1-3H3. The Morgan fingerprint density at radius 1 is 1.22 bits per heavy atom. The van der Waals surface area contributed by atoms with Crippen molar-refractivity contribution in [1.82, 2.24) is 15.0 Å². The molecule has 1 aliphatic heterocycles. The van der Waals surface area contributed by atoms with Crippen LogP contribution in [-0.2, 0) is 19.1 Å². The zero-order chi connectivity index (χ0) is 23.3. The van der Waals surface area contributed by atoms with Crippen LogP contribution in [0.25, 0.3) is 0 Å². The van der Waals surface area contributed by atoms with E-state index in [4.69, 9.17) is 25.9 Å². The van der Waals surface area contributed by atoms with Gasteiger partial charge in [-0.25, -0.2) is 14.6 Å². The van der Waals surface area contributed by atoms with Gasteiger partial charge in [0.25, 0.3) is 0 Å². The Bertz CT molecular complexity index is 1130. The van der Waals surface area contributed by atoms with Gasteiger partial charge in [-0.15, -0.1) is 0 Å². The quantitative estimate of drug-likeness (QED) is 0.499. The van der Waals surface area contributed by atoms with Gasteiger partial charge in [0.2, 0.25) is 0 Å². The molecule has 0 amide bonds. The first kappa shape index (κ1) is 23.1. The lowest BCUT2D eigenvalue weighted by molar-refractivity contribution is -0.141. The summed E-state index contributed by atoms with van der Waals surface area (Å²) in [5.41, 5.74) is 1.92. The summed E-state index contributed by atoms with van der Waals surface area (Å²) in [5, 5.41) is 12.6. The molecule has 0 saturated heterocycles. The Morgan fingerprint density at radius 2 is 1.94 bits per heavy atom. The summed E-state index contributed by atoms with van der Waals surface area (Å²) in [6.45, 7) is 3.63. The maximum Gasteiger partial charge on any atom is 0.362 e. The first-order valence-corrected chi connectivity index (χ1v) is 10.0. The lowest BCUT2D eigenvalue weighted by Gasteiger charge is -2.31. The first-order valence-electron chi connectivity index (χ1n) is 9.62. The van der Waals surface area contributed by atoms with Crippen LogP contribution in [0.3, 0.4) is 0 Å². The summed E-state index contributed by atoms with van der Waals surface area (Å²) < 4.78 is 11.4. The molecule has 3 rings (SSSR count). The second kappa shape index (κ2) is 10.1. The van der Waals surface area contributed by atoms with Crippen molar-refractivity contribution in [3.05, 3.63) is 75.6 Å². The minimum Gasteiger partial charge on any atom is -0.460 e. The third kappa shape index (κ3) is 4.66. The van der Waals surface area contributed by atoms with Crippen LogP contribution in [-0.4, -0.2) is 42.0 Å². The van der Waals surface area contributed by atoms with Crippen molar-refractivity contribution >= 4 is 23.5 Å². The average molecular weight is 457 g/mol. The van der Waals surface area contributed by atoms with Gasteiger partial charge >= 0.3 is 11.9 Å². The minimum atomic E-state index is -0.928. The number of carbonyl (C=O) groups excluding carboxylic acids is 2. The lowest BCUT2D eigenvalue weighted by atomic mass is 9.80. The maximum absolute atomic E-state index is 13.2. The Hall–Kier alpha value is -3.61. The fourth-order valence-electron chi connectivity index (χ4n) is 3.45. The van der Waals surface area contributed by atoms with Gasteiger partial charge in [-0.2, -0.15) is 9.99 Å². The smallest absolute Gasteiger partial charge is 0.362 e. The van der Waals surface area contributed by atoms with Crippen molar-refractivity contribution < 1.29 is 23.9 Å². The summed E-state index contributed by atoms with van der Waals surface area (Å²) in [7, 11) is 1.49. The van der Waals surface area contributed by atoms with E-state index in [1.807, 2.05) is 6.07 Å². The monoisotopic (exact) mass is 456 g/mol. The van der Waals surface area contributed by atoms with Crippen LogP contribution in [0.4, 0.5) is 0 Å². The molecule has 1 aromatic heterocycles. The molecule has 0 aliphatic carbocycles. The maximum atomic E-state index is 13.2. The number of hydrogen-bond donors (Lipinski definition) is 1. The number of nitriles is 1. The largest absolute Gasteiger partial charge is 0.460 e. The normalized spacial score (nSPS) is 15.8. The van der Waals surface area contributed by atoms with Crippen molar-refractivity contribution in [1.29, 1.82) is 5.26 Å². The van der Waals surface area contributed by atoms with E-state index < -0.39 is 17.9 Å². The average Bonchev–Trinajstić information content (AvgIpc) is 3.26. The van der Waals surface area contributed by atoms with E-state index in [2.05, 4.69) is 10.3 Å². The first-order chi connectivity index (χ1) is 15.4. The van der Waals surface area contributed by atoms with Crippen molar-refractivity contribution in [2.24, 2.45) is 0 Å². The van der Waals surface area contributed by atoms with E-state index in [0.29, 0.717) is 17.0 Å². The number of esters is 1. The number of halogens is 1. The summed E-state index contributed by atoms with van der Waals surface area (Å²) in [4.78, 5) is 35.5. The number of allylic oxidation sites excluding steroid dienone is 2. The minimum absolute atomic E-state index is 0.0301. The molecule has 1 unspecified atom stereocenters. The molecule has 1 aliphatic rings. The summed E-state index contributed by atoms with van der Waals surface area (Å²) in [6.07, 6.45) is 4.24. The molecule has 9 nitrogen and oxygen atoms in total. The molecule has 0 radical (unpaired) electrons. The second-order valence-electron chi connectivity index (χ2n) is 6.89. The molecule has 0 fully saturated rings. The Balaban J connectivity index is 2.12. The highest BCUT2D eigenvalue weighted by Gasteiger charge is 2.39. The predicted molar refractivity (Wildman–Crippen MR) is 114 cm³/mol. The number of carbonyl (C=O) groups is 2. The predicted octanol–water partition coefficient (Wildman–Crippen LogP) is 2.49. The molecule has 2 heterocycles. The molecule has 10 heteroatoms. The lowest BCUT2D eigenvalue weighted by Crippen LogP contribution is -2.35. The topological polar surface area (TPSA) is 115 Å². The fraction of sp³-hybridized carbons (Fsp3) is 0.273. The number of imidazole rings is 1. The molecule has 1 atom stereocenters. The van der Waals surface area contributed by atoms with E-state index in [1.165, 1.54) is 25.8 Å². The van der Waals surface area contributed by atoms with Gasteiger partial charge in [-0.05, 0) is 25.5 Å². The van der Waals surface area contributed by atoms with Gasteiger partial charge in [-0.3, -0.25) is 0 Å². The van der Waals surface area contributed by atoms with Gasteiger partial charge in [0.15, 0.2) is 0 Å². The molecule has 0 bridgehead atoms. The van der Waals surface area contributed by atoms with E-state index >= 15 is 0 Å². The number of methoxy groups -OCH3 is 1. The highest BCUT2D eigenvalue weighted by Crippen LogP contribution is 2.42. The number of rotatable bonds is 7. The van der Waals surface area contributed by atoms with Gasteiger partial charge in [0.1, 0.15) is 19.0 Å². The molecule has 1 N–H and O–H groups in total. The third-order valence-corrected chi connectivity index (χ3v) is 5.27. The van der Waals surface area contributed by atoms with Gasteiger partial charge in [0.05, 0.1) is 40.5 Å². The second-order valence-corrected chi connectivity index (χ2v) is 7.26. The van der Waals surface area contributed by atoms with Gasteiger partial charge in [-0.1, -0.05) is 23.7 Å². The van der Waals surface area contributed by atoms with Crippen molar-refractivity contribution in [3.63, 3.8) is 0 Å². The van der Waals surface area contributed by atoms with Crippen LogP contribution in [0.2, 0.25) is 5.02 Å². The van der Waals surface area contributed by atoms with Gasteiger partial charge in [0, 0.05) is 24.7 Å². The molecule has 166 valence electrons. The molecular formula is C22H21ClN4O5. The van der Waals surface area contributed by atoms with Crippen molar-refractivity contribution in [2.45, 2.75) is 19.8 Å². The number of aromatic nitrogens is 2. The van der Waals surface area contributed by atoms with Crippen LogP contribution in [0.5, 0.6) is 0 Å². The zero-order valence-corrected chi connectivity index (χ0v) is 18.5. The summed E-state index contributed by atoms with van der Waals surface area (Å²) in [5.74, 6) is -2.29. The van der Waals surface area contributed by atoms with Crippen LogP contribution < -0.4 is 10.2 Å². The van der Waals surface area contributed by atoms with E-state index in [0.717, 1.165) is 4.73 Å². The molecule has 0 spiro atoms. The molecule has 32 heavy (non-hydrogen) atoms. The van der Waals surface area contributed by atoms with Crippen LogP contribution in [0, 0.1) is 11.3 Å². The van der Waals surface area contributed by atoms with E-state index in [-0.39, 0.29) is 34.9 Å². The molecular weight excluding hydrogens is 436 g/mol. The molecule has 1 aromatic carbocycles. The Morgan fingerprint density at radius 3 is 2.56 bits per heavy atom. The molecule has 0 saturated carbocycles. The van der Waals surface area contributed by atoms with E-state index in [1.54, 1.807) is 32.0 Å². The number of dihydropyridines is 1. The number of hydrogen-bond acceptors (Lipinski definition) is 8. The molecule has 2 aromatic rings. The third-order valence-electron chi connectivity index (χ3n) is 4.85. The van der Waals surface area contributed by atoms with Crippen LogP contribution >= 0.6 is 11.6 Å². The summed E-state index contributed by atoms with van der Waals surface area (Å²) in [6, 6.07) is 6.88. The summed E-state index contributed by atoms with van der Waals surface area (Å²) >= 11 is 6.52. The Labute approximate surface area is 189 Å². The number of nitrogens with zero attached hydrogens (tertiary/aromatic N) is 3. The van der Waals surface area contributed by atoms with E-state index in [9.17, 15) is 14.9 Å². The fourth-order valence-corrected chi connectivity index (χ4v) is 3.72. The highest BCUT2D eigenvalue weighted by molar-refractivity contribution is 6.32. The van der Waals surface area contributed by atoms with Crippen molar-refractivity contribution in [2.75, 3.05) is 20.3 Å². The highest BCUT2D eigenvalue weighted by atomic mass is 35.5. The SMILES string of the molecule is COCCOC(=O)C1=C(C)NC(C)=C(C(=O)On2ccnc2)C1c1cccc(C#N)c1Cl. The number of ether oxygens (including phenoxy) is 2.